The fraction of sp³-hybridized carbons (Fsp3) is 0.682. The van der Waals surface area contributed by atoms with Crippen LogP contribution in [0, 0.1) is 0 Å². The number of likely N-dealkylation sites (tertiary alicyclic amines) is 1. The summed E-state index contributed by atoms with van der Waals surface area (Å²) in [6, 6.07) is 7.17. The minimum absolute atomic E-state index is 0.0980. The highest BCUT2D eigenvalue weighted by Crippen LogP contribution is 2.30. The number of benzene rings is 1. The van der Waals surface area contributed by atoms with E-state index in [-0.39, 0.29) is 12.0 Å². The molecule has 2 saturated heterocycles. The molecule has 0 bridgehead atoms. The van der Waals surface area contributed by atoms with Crippen LogP contribution in [-0.4, -0.2) is 66.2 Å². The monoisotopic (exact) mass is 404 g/mol. The second-order valence-electron chi connectivity index (χ2n) is 8.11. The van der Waals surface area contributed by atoms with Crippen LogP contribution in [0.2, 0.25) is 0 Å². The molecule has 154 valence electrons. The van der Waals surface area contributed by atoms with Crippen molar-refractivity contribution in [3.05, 3.63) is 29.3 Å². The van der Waals surface area contributed by atoms with Gasteiger partial charge in [0.05, 0.1) is 7.11 Å². The van der Waals surface area contributed by atoms with Crippen LogP contribution in [-0.2, 0) is 22.6 Å². The average molecular weight is 405 g/mol. The highest BCUT2D eigenvalue weighted by atomic mass is 32.2. The van der Waals surface area contributed by atoms with Gasteiger partial charge in [-0.2, -0.15) is 11.8 Å². The molecule has 2 fully saturated rings. The molecule has 1 atom stereocenters. The first-order chi connectivity index (χ1) is 13.7. The molecule has 3 aliphatic heterocycles. The van der Waals surface area contributed by atoms with Crippen LogP contribution in [0.25, 0.3) is 0 Å². The number of esters is 1. The first-order valence-electron chi connectivity index (χ1n) is 10.6. The summed E-state index contributed by atoms with van der Waals surface area (Å²) in [4.78, 5) is 17.1. The maximum atomic E-state index is 12.2. The maximum absolute atomic E-state index is 12.2. The second-order valence-corrected chi connectivity index (χ2v) is 9.33. The average Bonchev–Trinajstić information content (AvgIpc) is 2.96. The molecule has 6 heteroatoms. The topological polar surface area (TPSA) is 42.0 Å². The van der Waals surface area contributed by atoms with Crippen LogP contribution in [0.5, 0.6) is 5.75 Å². The summed E-state index contributed by atoms with van der Waals surface area (Å²) in [5.41, 5.74) is 2.55. The van der Waals surface area contributed by atoms with Gasteiger partial charge in [0.2, 0.25) is 0 Å². The van der Waals surface area contributed by atoms with Crippen LogP contribution in [0.15, 0.2) is 18.2 Å². The predicted molar refractivity (Wildman–Crippen MR) is 113 cm³/mol. The number of hydrogen-bond acceptors (Lipinski definition) is 6. The number of fused-ring (bicyclic) bond motifs is 1. The zero-order valence-electron chi connectivity index (χ0n) is 16.9. The van der Waals surface area contributed by atoms with Crippen LogP contribution < -0.4 is 4.74 Å². The van der Waals surface area contributed by atoms with Gasteiger partial charge in [-0.25, -0.2) is 0 Å². The Morgan fingerprint density at radius 2 is 2.07 bits per heavy atom. The highest BCUT2D eigenvalue weighted by Gasteiger charge is 2.30. The molecule has 4 rings (SSSR count). The van der Waals surface area contributed by atoms with E-state index in [9.17, 15) is 4.79 Å². The number of thioether (sulfide) groups is 1. The Morgan fingerprint density at radius 3 is 2.89 bits per heavy atom. The van der Waals surface area contributed by atoms with Crippen LogP contribution >= 0.6 is 11.8 Å². The van der Waals surface area contributed by atoms with Crippen molar-refractivity contribution in [3.63, 3.8) is 0 Å². The number of carbonyl (C=O) groups excluding carboxylic acids is 1. The number of hydrogen-bond donors (Lipinski definition) is 0. The van der Waals surface area contributed by atoms with Crippen molar-refractivity contribution in [1.82, 2.24) is 9.80 Å². The third kappa shape index (κ3) is 4.66. The Bertz CT molecular complexity index is 678. The van der Waals surface area contributed by atoms with Crippen LogP contribution in [0.3, 0.4) is 0 Å². The summed E-state index contributed by atoms with van der Waals surface area (Å²) < 4.78 is 11.1. The van der Waals surface area contributed by atoms with Gasteiger partial charge >= 0.3 is 5.97 Å². The minimum Gasteiger partial charge on any atom is -0.492 e. The van der Waals surface area contributed by atoms with E-state index < -0.39 is 0 Å². The van der Waals surface area contributed by atoms with Crippen molar-refractivity contribution in [2.45, 2.75) is 57.3 Å². The maximum Gasteiger partial charge on any atom is 0.323 e. The van der Waals surface area contributed by atoms with Gasteiger partial charge in [-0.3, -0.25) is 14.6 Å². The molecule has 3 aliphatic rings. The molecule has 1 aromatic rings. The molecule has 1 unspecified atom stereocenters. The first-order valence-corrected chi connectivity index (χ1v) is 11.8. The number of ether oxygens (including phenoxy) is 2. The standard InChI is InChI=1S/C22H32N2O3S/c1-26-22(25)20-4-2-3-9-24(20)15-17-5-6-21-18(14-17)16-23(10-11-27-21)19-7-12-28-13-8-19/h5-6,14,19-20H,2-4,7-13,15-16H2,1H3. The molecule has 0 N–H and O–H groups in total. The molecule has 28 heavy (non-hydrogen) atoms. The zero-order chi connectivity index (χ0) is 19.3. The van der Waals surface area contributed by atoms with Crippen molar-refractivity contribution >= 4 is 17.7 Å². The molecule has 0 aliphatic carbocycles. The van der Waals surface area contributed by atoms with Crippen molar-refractivity contribution < 1.29 is 14.3 Å². The second kappa shape index (κ2) is 9.51. The van der Waals surface area contributed by atoms with Crippen molar-refractivity contribution in [1.29, 1.82) is 0 Å². The quantitative estimate of drug-likeness (QED) is 0.718. The molecular formula is C22H32N2O3S. The van der Waals surface area contributed by atoms with Crippen molar-refractivity contribution in [3.8, 4) is 5.75 Å². The number of methoxy groups -OCH3 is 1. The normalized spacial score (nSPS) is 24.8. The van der Waals surface area contributed by atoms with E-state index in [1.165, 1.54) is 42.6 Å². The van der Waals surface area contributed by atoms with E-state index in [2.05, 4.69) is 39.8 Å². The number of nitrogens with zero attached hydrogens (tertiary/aromatic N) is 2. The summed E-state index contributed by atoms with van der Waals surface area (Å²) in [5.74, 6) is 3.48. The lowest BCUT2D eigenvalue weighted by molar-refractivity contribution is -0.148. The molecule has 0 saturated carbocycles. The smallest absolute Gasteiger partial charge is 0.323 e. The van der Waals surface area contributed by atoms with E-state index in [1.54, 1.807) is 0 Å². The molecule has 1 aromatic carbocycles. The van der Waals surface area contributed by atoms with Gasteiger partial charge in [0.1, 0.15) is 18.4 Å². The molecule has 0 radical (unpaired) electrons. The van der Waals surface area contributed by atoms with Gasteiger partial charge in [0.25, 0.3) is 0 Å². The van der Waals surface area contributed by atoms with Crippen molar-refractivity contribution in [2.24, 2.45) is 0 Å². The van der Waals surface area contributed by atoms with Gasteiger partial charge in [-0.05, 0) is 61.4 Å². The van der Waals surface area contributed by atoms with Crippen LogP contribution in [0.1, 0.15) is 43.2 Å². The summed E-state index contributed by atoms with van der Waals surface area (Å²) in [7, 11) is 1.49. The van der Waals surface area contributed by atoms with Crippen LogP contribution in [0.4, 0.5) is 0 Å². The number of carbonyl (C=O) groups is 1. The Balaban J connectivity index is 1.48. The lowest BCUT2D eigenvalue weighted by atomic mass is 10.0. The van der Waals surface area contributed by atoms with Gasteiger partial charge < -0.3 is 9.47 Å². The van der Waals surface area contributed by atoms with E-state index in [0.717, 1.165) is 57.8 Å². The first kappa shape index (κ1) is 20.0. The van der Waals surface area contributed by atoms with Gasteiger partial charge in [0, 0.05) is 31.2 Å². The molecule has 0 amide bonds. The SMILES string of the molecule is COC(=O)C1CCCCN1Cc1ccc2c(c1)CN(C1CCSCC1)CCO2. The predicted octanol–water partition coefficient (Wildman–Crippen LogP) is 3.30. The lowest BCUT2D eigenvalue weighted by Crippen LogP contribution is -2.44. The van der Waals surface area contributed by atoms with Crippen molar-refractivity contribution in [2.75, 3.05) is 38.3 Å². The third-order valence-electron chi connectivity index (χ3n) is 6.31. The molecule has 3 heterocycles. The Hall–Kier alpha value is -1.24. The summed E-state index contributed by atoms with van der Waals surface area (Å²) in [6.45, 7) is 4.51. The molecule has 5 nitrogen and oxygen atoms in total. The minimum atomic E-state index is -0.106. The van der Waals surface area contributed by atoms with E-state index in [4.69, 9.17) is 9.47 Å². The van der Waals surface area contributed by atoms with E-state index in [0.29, 0.717) is 6.04 Å². The number of rotatable bonds is 4. The van der Waals surface area contributed by atoms with Gasteiger partial charge in [0.15, 0.2) is 0 Å². The zero-order valence-corrected chi connectivity index (χ0v) is 17.7. The summed E-state index contributed by atoms with van der Waals surface area (Å²) in [5, 5.41) is 0. The number of piperidine rings is 1. The molecule has 0 spiro atoms. The Labute approximate surface area is 172 Å². The molecular weight excluding hydrogens is 372 g/mol. The van der Waals surface area contributed by atoms with Gasteiger partial charge in [-0.15, -0.1) is 0 Å². The van der Waals surface area contributed by atoms with Gasteiger partial charge in [-0.1, -0.05) is 12.5 Å². The summed E-state index contributed by atoms with van der Waals surface area (Å²) >= 11 is 2.08. The fourth-order valence-electron chi connectivity index (χ4n) is 4.75. The Morgan fingerprint density at radius 1 is 1.21 bits per heavy atom. The Kier molecular flexibility index (Phi) is 6.81. The fourth-order valence-corrected chi connectivity index (χ4v) is 5.83. The molecule has 0 aromatic heterocycles. The third-order valence-corrected chi connectivity index (χ3v) is 7.36. The van der Waals surface area contributed by atoms with E-state index >= 15 is 0 Å². The summed E-state index contributed by atoms with van der Waals surface area (Å²) in [6.07, 6.45) is 5.72. The largest absolute Gasteiger partial charge is 0.492 e. The highest BCUT2D eigenvalue weighted by molar-refractivity contribution is 7.99. The lowest BCUT2D eigenvalue weighted by Gasteiger charge is -2.34. The van der Waals surface area contributed by atoms with E-state index in [1.807, 2.05) is 0 Å².